The van der Waals surface area contributed by atoms with E-state index in [9.17, 15) is 4.79 Å². The molecule has 0 aliphatic carbocycles. The number of rotatable bonds is 10. The highest BCUT2D eigenvalue weighted by Crippen LogP contribution is 2.40. The number of nitrogens with one attached hydrogen (secondary N) is 1. The zero-order valence-electron chi connectivity index (χ0n) is 18.6. The van der Waals surface area contributed by atoms with Crippen LogP contribution in [0.25, 0.3) is 6.08 Å². The molecule has 0 saturated heterocycles. The molecule has 168 valence electrons. The Morgan fingerprint density at radius 1 is 0.935 bits per heavy atom. The number of hydrogen-bond acceptors (Lipinski definition) is 6. The summed E-state index contributed by atoms with van der Waals surface area (Å²) in [5.74, 6) is 2.31. The number of amides is 1. The van der Waals surface area contributed by atoms with Crippen molar-refractivity contribution < 1.29 is 28.5 Å². The molecule has 0 aliphatic rings. The van der Waals surface area contributed by atoms with Crippen molar-refractivity contribution in [1.29, 1.82) is 0 Å². The highest BCUT2D eigenvalue weighted by Gasteiger charge is 2.15. The van der Waals surface area contributed by atoms with Gasteiger partial charge in [0, 0.05) is 23.9 Å². The van der Waals surface area contributed by atoms with Crippen molar-refractivity contribution in [3.8, 4) is 28.7 Å². The standard InChI is InChI=1S/C23H28ClNO6/c1-14(2)13-31-22-17(24)9-15(10-18(22)27-3)7-8-21(26)25-16-11-19(28-4)23(30-6)20(12-16)29-5/h7-12,14H,13H2,1-6H3,(H,25,26)/b8-7+. The Morgan fingerprint density at radius 2 is 1.52 bits per heavy atom. The first-order chi connectivity index (χ1) is 14.8. The molecule has 0 saturated carbocycles. The molecular weight excluding hydrogens is 422 g/mol. The van der Waals surface area contributed by atoms with E-state index >= 15 is 0 Å². The van der Waals surface area contributed by atoms with Crippen molar-refractivity contribution in [2.45, 2.75) is 13.8 Å². The van der Waals surface area contributed by atoms with Crippen LogP contribution in [0.1, 0.15) is 19.4 Å². The van der Waals surface area contributed by atoms with Crippen molar-refractivity contribution >= 4 is 29.3 Å². The largest absolute Gasteiger partial charge is 0.493 e. The Balaban J connectivity index is 2.19. The van der Waals surface area contributed by atoms with Gasteiger partial charge in [0.25, 0.3) is 0 Å². The first-order valence-electron chi connectivity index (χ1n) is 9.62. The molecule has 8 heteroatoms. The molecule has 0 aliphatic heterocycles. The molecule has 0 spiro atoms. The van der Waals surface area contributed by atoms with Gasteiger partial charge in [-0.2, -0.15) is 0 Å². The Hall–Kier alpha value is -3.06. The van der Waals surface area contributed by atoms with Gasteiger partial charge in [0.05, 0.1) is 40.1 Å². The van der Waals surface area contributed by atoms with Crippen LogP contribution in [-0.2, 0) is 4.79 Å². The summed E-state index contributed by atoms with van der Waals surface area (Å²) < 4.78 is 27.0. The third-order valence-electron chi connectivity index (χ3n) is 4.17. The van der Waals surface area contributed by atoms with Crippen LogP contribution in [0, 0.1) is 5.92 Å². The van der Waals surface area contributed by atoms with Crippen LogP contribution >= 0.6 is 11.6 Å². The van der Waals surface area contributed by atoms with Gasteiger partial charge >= 0.3 is 0 Å². The lowest BCUT2D eigenvalue weighted by atomic mass is 10.1. The third kappa shape index (κ3) is 6.46. The molecule has 7 nitrogen and oxygen atoms in total. The minimum atomic E-state index is -0.343. The van der Waals surface area contributed by atoms with Crippen LogP contribution in [0.4, 0.5) is 5.69 Å². The molecule has 31 heavy (non-hydrogen) atoms. The van der Waals surface area contributed by atoms with Crippen molar-refractivity contribution in [2.24, 2.45) is 5.92 Å². The van der Waals surface area contributed by atoms with Gasteiger partial charge in [-0.3, -0.25) is 4.79 Å². The van der Waals surface area contributed by atoms with Crippen molar-refractivity contribution in [3.63, 3.8) is 0 Å². The number of benzene rings is 2. The number of methoxy groups -OCH3 is 4. The summed E-state index contributed by atoms with van der Waals surface area (Å²) in [5.41, 5.74) is 1.19. The second kappa shape index (κ2) is 11.4. The number of hydrogen-bond donors (Lipinski definition) is 1. The van der Waals surface area contributed by atoms with E-state index in [4.69, 9.17) is 35.3 Å². The molecule has 0 unspecified atom stereocenters. The molecule has 0 aromatic heterocycles. The smallest absolute Gasteiger partial charge is 0.248 e. The number of halogens is 1. The maximum atomic E-state index is 12.4. The normalized spacial score (nSPS) is 10.8. The molecular formula is C23H28ClNO6. The van der Waals surface area contributed by atoms with Crippen molar-refractivity contribution in [1.82, 2.24) is 0 Å². The first-order valence-corrected chi connectivity index (χ1v) is 10.00. The van der Waals surface area contributed by atoms with E-state index in [1.54, 1.807) is 37.5 Å². The molecule has 0 fully saturated rings. The lowest BCUT2D eigenvalue weighted by Crippen LogP contribution is -2.08. The van der Waals surface area contributed by atoms with E-state index < -0.39 is 0 Å². The predicted molar refractivity (Wildman–Crippen MR) is 122 cm³/mol. The summed E-state index contributed by atoms with van der Waals surface area (Å²) in [6, 6.07) is 6.76. The number of carbonyl (C=O) groups excluding carboxylic acids is 1. The lowest BCUT2D eigenvalue weighted by Gasteiger charge is -2.15. The minimum Gasteiger partial charge on any atom is -0.493 e. The molecule has 2 aromatic carbocycles. The van der Waals surface area contributed by atoms with E-state index in [1.165, 1.54) is 27.4 Å². The Morgan fingerprint density at radius 3 is 2.03 bits per heavy atom. The summed E-state index contributed by atoms with van der Waals surface area (Å²) >= 11 is 6.36. The van der Waals surface area contributed by atoms with Gasteiger partial charge < -0.3 is 29.0 Å². The summed E-state index contributed by atoms with van der Waals surface area (Å²) in [6.45, 7) is 4.61. The number of ether oxygens (including phenoxy) is 5. The van der Waals surface area contributed by atoms with Gasteiger partial charge in [-0.15, -0.1) is 0 Å². The third-order valence-corrected chi connectivity index (χ3v) is 4.45. The van der Waals surface area contributed by atoms with E-state index in [0.717, 1.165) is 0 Å². The van der Waals surface area contributed by atoms with Crippen molar-refractivity contribution in [3.05, 3.63) is 40.9 Å². The fourth-order valence-corrected chi connectivity index (χ4v) is 3.01. The lowest BCUT2D eigenvalue weighted by molar-refractivity contribution is -0.111. The molecule has 0 atom stereocenters. The Bertz CT molecular complexity index is 917. The van der Waals surface area contributed by atoms with Crippen LogP contribution in [0.5, 0.6) is 28.7 Å². The molecule has 1 N–H and O–H groups in total. The second-order valence-corrected chi connectivity index (χ2v) is 7.38. The zero-order chi connectivity index (χ0) is 23.0. The van der Waals surface area contributed by atoms with Crippen LogP contribution in [0.3, 0.4) is 0 Å². The number of carbonyl (C=O) groups is 1. The summed E-state index contributed by atoms with van der Waals surface area (Å²) in [6.07, 6.45) is 3.02. The monoisotopic (exact) mass is 449 g/mol. The SMILES string of the molecule is COc1cc(/C=C/C(=O)Nc2cc(OC)c(OC)c(OC)c2)cc(Cl)c1OCC(C)C. The van der Waals surface area contributed by atoms with Gasteiger partial charge in [-0.25, -0.2) is 0 Å². The van der Waals surface area contributed by atoms with Gasteiger partial charge in [0.1, 0.15) is 0 Å². The van der Waals surface area contributed by atoms with Gasteiger partial charge in [-0.1, -0.05) is 25.4 Å². The second-order valence-electron chi connectivity index (χ2n) is 6.98. The summed E-state index contributed by atoms with van der Waals surface area (Å²) in [5, 5.41) is 3.18. The molecule has 1 amide bonds. The maximum absolute atomic E-state index is 12.4. The topological polar surface area (TPSA) is 75.3 Å². The molecule has 0 heterocycles. The van der Waals surface area contributed by atoms with E-state index in [2.05, 4.69) is 5.32 Å². The van der Waals surface area contributed by atoms with Crippen LogP contribution in [0.2, 0.25) is 5.02 Å². The fourth-order valence-electron chi connectivity index (χ4n) is 2.74. The Labute approximate surface area is 187 Å². The van der Waals surface area contributed by atoms with E-state index in [0.29, 0.717) is 57.5 Å². The highest BCUT2D eigenvalue weighted by molar-refractivity contribution is 6.32. The van der Waals surface area contributed by atoms with Gasteiger partial charge in [0.15, 0.2) is 23.0 Å². The van der Waals surface area contributed by atoms with Crippen LogP contribution in [0.15, 0.2) is 30.3 Å². The van der Waals surface area contributed by atoms with Gasteiger partial charge in [0.2, 0.25) is 11.7 Å². The highest BCUT2D eigenvalue weighted by atomic mass is 35.5. The van der Waals surface area contributed by atoms with E-state index in [1.807, 2.05) is 13.8 Å². The maximum Gasteiger partial charge on any atom is 0.248 e. The fraction of sp³-hybridized carbons (Fsp3) is 0.348. The van der Waals surface area contributed by atoms with Crippen LogP contribution < -0.4 is 29.0 Å². The summed E-state index contributed by atoms with van der Waals surface area (Å²) in [7, 11) is 6.07. The first kappa shape index (κ1) is 24.2. The van der Waals surface area contributed by atoms with Crippen LogP contribution in [-0.4, -0.2) is 41.0 Å². The summed E-state index contributed by atoms with van der Waals surface area (Å²) in [4.78, 5) is 12.4. The molecule has 0 bridgehead atoms. The zero-order valence-corrected chi connectivity index (χ0v) is 19.3. The molecule has 2 rings (SSSR count). The number of anilines is 1. The average molecular weight is 450 g/mol. The average Bonchev–Trinajstić information content (AvgIpc) is 2.75. The van der Waals surface area contributed by atoms with E-state index in [-0.39, 0.29) is 5.91 Å². The Kier molecular flexibility index (Phi) is 8.88. The quantitative estimate of drug-likeness (QED) is 0.511. The molecule has 2 aromatic rings. The molecule has 0 radical (unpaired) electrons. The van der Waals surface area contributed by atoms with Crippen molar-refractivity contribution in [2.75, 3.05) is 40.4 Å². The minimum absolute atomic E-state index is 0.343. The predicted octanol–water partition coefficient (Wildman–Crippen LogP) is 5.06. The van der Waals surface area contributed by atoms with Gasteiger partial charge in [-0.05, 0) is 29.7 Å².